The lowest BCUT2D eigenvalue weighted by molar-refractivity contribution is 0.105. The van der Waals surface area contributed by atoms with Gasteiger partial charge in [0, 0.05) is 18.8 Å². The zero-order valence-electron chi connectivity index (χ0n) is 13.3. The molecule has 0 radical (unpaired) electrons. The summed E-state index contributed by atoms with van der Waals surface area (Å²) in [5.74, 6) is 1.29. The molecule has 0 aliphatic heterocycles. The molecule has 0 spiro atoms. The van der Waals surface area contributed by atoms with E-state index in [1.54, 1.807) is 6.26 Å². The number of benzene rings is 1. The van der Waals surface area contributed by atoms with Gasteiger partial charge in [-0.2, -0.15) is 0 Å². The van der Waals surface area contributed by atoms with E-state index in [2.05, 4.69) is 28.5 Å². The topological polar surface area (TPSA) is 72.8 Å². The minimum Gasteiger partial charge on any atom is -0.467 e. The Morgan fingerprint density at radius 2 is 2.17 bits per heavy atom. The summed E-state index contributed by atoms with van der Waals surface area (Å²) < 4.78 is 10.7. The van der Waals surface area contributed by atoms with E-state index in [1.165, 1.54) is 24.0 Å². The lowest BCUT2D eigenvalue weighted by Gasteiger charge is -2.08. The van der Waals surface area contributed by atoms with E-state index in [0.29, 0.717) is 25.7 Å². The summed E-state index contributed by atoms with van der Waals surface area (Å²) in [7, 11) is 0. The van der Waals surface area contributed by atoms with Crippen LogP contribution in [0, 0.1) is 0 Å². The number of rotatable bonds is 7. The standard InChI is InChI=1S/C18H23N3O2/c19-18(20-9-3-10-22-13-17-6-2-11-23-17)21-16-8-7-14-4-1-5-15(14)12-16/h2,6-8,11-12H,1,3-5,9-10,13H2,(H3,19,20,21). The van der Waals surface area contributed by atoms with Crippen molar-refractivity contribution >= 4 is 11.6 Å². The summed E-state index contributed by atoms with van der Waals surface area (Å²) in [4.78, 5) is 4.33. The molecule has 3 N–H and O–H groups in total. The van der Waals surface area contributed by atoms with Crippen molar-refractivity contribution in [1.29, 1.82) is 0 Å². The van der Waals surface area contributed by atoms with Crippen molar-refractivity contribution in [3.8, 4) is 0 Å². The van der Waals surface area contributed by atoms with E-state index in [4.69, 9.17) is 14.9 Å². The number of aliphatic imine (C=N–C) groups is 1. The molecule has 5 heteroatoms. The Bertz CT molecular complexity index is 650. The number of furan rings is 1. The van der Waals surface area contributed by atoms with Crippen LogP contribution < -0.4 is 11.1 Å². The molecule has 3 rings (SSSR count). The zero-order valence-corrected chi connectivity index (χ0v) is 13.3. The van der Waals surface area contributed by atoms with Crippen LogP contribution in [0.2, 0.25) is 0 Å². The number of guanidine groups is 1. The van der Waals surface area contributed by atoms with Gasteiger partial charge in [0.25, 0.3) is 0 Å². The highest BCUT2D eigenvalue weighted by atomic mass is 16.5. The number of fused-ring (bicyclic) bond motifs is 1. The molecule has 0 saturated carbocycles. The van der Waals surface area contributed by atoms with Crippen molar-refractivity contribution in [3.05, 3.63) is 53.5 Å². The lowest BCUT2D eigenvalue weighted by Crippen LogP contribution is -2.23. The second-order valence-corrected chi connectivity index (χ2v) is 5.71. The van der Waals surface area contributed by atoms with E-state index in [-0.39, 0.29) is 0 Å². The van der Waals surface area contributed by atoms with Crippen molar-refractivity contribution in [2.24, 2.45) is 10.7 Å². The van der Waals surface area contributed by atoms with E-state index < -0.39 is 0 Å². The summed E-state index contributed by atoms with van der Waals surface area (Å²) in [5, 5.41) is 3.16. The Morgan fingerprint density at radius 3 is 3.04 bits per heavy atom. The number of nitrogens with zero attached hydrogens (tertiary/aromatic N) is 1. The highest BCUT2D eigenvalue weighted by molar-refractivity contribution is 5.92. The Hall–Kier alpha value is -2.27. The Kier molecular flexibility index (Phi) is 5.32. The van der Waals surface area contributed by atoms with Gasteiger partial charge in [-0.1, -0.05) is 6.07 Å². The van der Waals surface area contributed by atoms with Gasteiger partial charge >= 0.3 is 0 Å². The van der Waals surface area contributed by atoms with Crippen LogP contribution in [0.3, 0.4) is 0 Å². The second kappa shape index (κ2) is 7.83. The summed E-state index contributed by atoms with van der Waals surface area (Å²) in [6.07, 6.45) is 6.08. The molecular formula is C18H23N3O2. The molecule has 0 fully saturated rings. The molecule has 1 heterocycles. The van der Waals surface area contributed by atoms with E-state index in [0.717, 1.165) is 24.3 Å². The Balaban J connectivity index is 1.36. The van der Waals surface area contributed by atoms with Crippen molar-refractivity contribution in [3.63, 3.8) is 0 Å². The minimum absolute atomic E-state index is 0.453. The van der Waals surface area contributed by atoms with Crippen LogP contribution in [0.5, 0.6) is 0 Å². The third-order valence-electron chi connectivity index (χ3n) is 3.92. The van der Waals surface area contributed by atoms with E-state index in [9.17, 15) is 0 Å². The highest BCUT2D eigenvalue weighted by Crippen LogP contribution is 2.24. The maximum atomic E-state index is 5.93. The second-order valence-electron chi connectivity index (χ2n) is 5.71. The molecular weight excluding hydrogens is 290 g/mol. The molecule has 23 heavy (non-hydrogen) atoms. The molecule has 0 unspecified atom stereocenters. The summed E-state index contributed by atoms with van der Waals surface area (Å²) in [6, 6.07) is 10.2. The van der Waals surface area contributed by atoms with Gasteiger partial charge in [-0.15, -0.1) is 0 Å². The van der Waals surface area contributed by atoms with E-state index >= 15 is 0 Å². The Labute approximate surface area is 136 Å². The van der Waals surface area contributed by atoms with Crippen LogP contribution in [0.1, 0.15) is 29.7 Å². The first kappa shape index (κ1) is 15.6. The van der Waals surface area contributed by atoms with Gasteiger partial charge in [0.15, 0.2) is 5.96 Å². The zero-order chi connectivity index (χ0) is 15.9. The van der Waals surface area contributed by atoms with Crippen LogP contribution in [-0.2, 0) is 24.2 Å². The smallest absolute Gasteiger partial charge is 0.193 e. The molecule has 0 saturated heterocycles. The predicted molar refractivity (Wildman–Crippen MR) is 91.6 cm³/mol. The summed E-state index contributed by atoms with van der Waals surface area (Å²) in [5.41, 5.74) is 9.82. The average Bonchev–Trinajstić information content (AvgIpc) is 3.21. The fraction of sp³-hybridized carbons (Fsp3) is 0.389. The lowest BCUT2D eigenvalue weighted by atomic mass is 10.1. The van der Waals surface area contributed by atoms with Crippen LogP contribution in [0.25, 0.3) is 0 Å². The fourth-order valence-corrected chi connectivity index (χ4v) is 2.77. The summed E-state index contributed by atoms with van der Waals surface area (Å²) >= 11 is 0. The number of nitrogens with one attached hydrogen (secondary N) is 1. The highest BCUT2D eigenvalue weighted by Gasteiger charge is 2.10. The molecule has 122 valence electrons. The Morgan fingerprint density at radius 1 is 1.26 bits per heavy atom. The maximum Gasteiger partial charge on any atom is 0.193 e. The van der Waals surface area contributed by atoms with Crippen molar-refractivity contribution in [1.82, 2.24) is 0 Å². The average molecular weight is 313 g/mol. The summed E-state index contributed by atoms with van der Waals surface area (Å²) in [6.45, 7) is 1.78. The third-order valence-corrected chi connectivity index (χ3v) is 3.92. The van der Waals surface area contributed by atoms with Gasteiger partial charge in [-0.3, -0.25) is 4.99 Å². The third kappa shape index (κ3) is 4.60. The normalized spacial score (nSPS) is 14.0. The minimum atomic E-state index is 0.453. The number of nitrogens with two attached hydrogens (primary N) is 1. The molecule has 0 atom stereocenters. The first-order chi connectivity index (χ1) is 11.3. The molecule has 1 aliphatic carbocycles. The van der Waals surface area contributed by atoms with Crippen molar-refractivity contribution in [2.75, 3.05) is 18.5 Å². The maximum absolute atomic E-state index is 5.93. The van der Waals surface area contributed by atoms with Gasteiger partial charge < -0.3 is 20.2 Å². The van der Waals surface area contributed by atoms with Gasteiger partial charge in [0.2, 0.25) is 0 Å². The van der Waals surface area contributed by atoms with Gasteiger partial charge in [0.1, 0.15) is 12.4 Å². The van der Waals surface area contributed by atoms with Crippen LogP contribution in [-0.4, -0.2) is 19.1 Å². The van der Waals surface area contributed by atoms with Gasteiger partial charge in [-0.25, -0.2) is 0 Å². The fourth-order valence-electron chi connectivity index (χ4n) is 2.77. The molecule has 1 aromatic carbocycles. The van der Waals surface area contributed by atoms with Crippen molar-refractivity contribution in [2.45, 2.75) is 32.3 Å². The molecule has 0 bridgehead atoms. The largest absolute Gasteiger partial charge is 0.467 e. The predicted octanol–water partition coefficient (Wildman–Crippen LogP) is 3.10. The molecule has 0 amide bonds. The molecule has 2 aromatic rings. The van der Waals surface area contributed by atoms with Gasteiger partial charge in [0.05, 0.1) is 6.26 Å². The SMILES string of the molecule is NC(=NCCCOCc1ccco1)Nc1ccc2c(c1)CCC2. The quantitative estimate of drug-likeness (QED) is 0.468. The van der Waals surface area contributed by atoms with E-state index in [1.807, 2.05) is 12.1 Å². The van der Waals surface area contributed by atoms with Crippen LogP contribution >= 0.6 is 0 Å². The molecule has 5 nitrogen and oxygen atoms in total. The van der Waals surface area contributed by atoms with Crippen LogP contribution in [0.4, 0.5) is 5.69 Å². The number of hydrogen-bond acceptors (Lipinski definition) is 3. The number of hydrogen-bond donors (Lipinski definition) is 2. The number of aryl methyl sites for hydroxylation is 2. The van der Waals surface area contributed by atoms with Crippen molar-refractivity contribution < 1.29 is 9.15 Å². The number of anilines is 1. The van der Waals surface area contributed by atoms with Gasteiger partial charge in [-0.05, 0) is 61.1 Å². The first-order valence-corrected chi connectivity index (χ1v) is 8.10. The van der Waals surface area contributed by atoms with Crippen LogP contribution in [0.15, 0.2) is 46.0 Å². The number of ether oxygens (including phenoxy) is 1. The molecule has 1 aliphatic rings. The first-order valence-electron chi connectivity index (χ1n) is 8.10. The molecule has 1 aromatic heterocycles. The monoisotopic (exact) mass is 313 g/mol.